The molecule has 1 heterocycles. The minimum Gasteiger partial charge on any atom is -0.452 e. The van der Waals surface area contributed by atoms with Crippen molar-refractivity contribution >= 4 is 18.0 Å². The summed E-state index contributed by atoms with van der Waals surface area (Å²) in [5, 5.41) is 7.46. The van der Waals surface area contributed by atoms with Crippen LogP contribution in [-0.2, 0) is 21.4 Å². The molecule has 0 spiro atoms. The van der Waals surface area contributed by atoms with Gasteiger partial charge in [0, 0.05) is 30.4 Å². The van der Waals surface area contributed by atoms with Crippen LogP contribution < -0.4 is 5.32 Å². The number of aromatic nitrogens is 2. The van der Waals surface area contributed by atoms with Gasteiger partial charge in [0.05, 0.1) is 5.69 Å². The van der Waals surface area contributed by atoms with E-state index in [0.717, 1.165) is 34.7 Å². The molecule has 6 heteroatoms. The molecule has 1 N–H and O–H groups in total. The van der Waals surface area contributed by atoms with E-state index in [9.17, 15) is 9.59 Å². The summed E-state index contributed by atoms with van der Waals surface area (Å²) in [6.45, 7) is 5.76. The quantitative estimate of drug-likeness (QED) is 0.588. The van der Waals surface area contributed by atoms with Crippen LogP contribution in [0.15, 0.2) is 6.08 Å². The molecule has 1 atom stereocenters. The van der Waals surface area contributed by atoms with Gasteiger partial charge in [-0.3, -0.25) is 9.48 Å². The van der Waals surface area contributed by atoms with Crippen LogP contribution >= 0.6 is 0 Å². The molecule has 29 heavy (non-hydrogen) atoms. The summed E-state index contributed by atoms with van der Waals surface area (Å²) in [5.41, 5.74) is 3.00. The zero-order chi connectivity index (χ0) is 20.8. The number of hydrogen-bond donors (Lipinski definition) is 1. The molecule has 4 bridgehead atoms. The molecule has 4 fully saturated rings. The van der Waals surface area contributed by atoms with Gasteiger partial charge in [-0.05, 0) is 88.5 Å². The fraction of sp³-hybridized carbons (Fsp3) is 0.696. The van der Waals surface area contributed by atoms with Crippen molar-refractivity contribution in [2.24, 2.45) is 30.2 Å². The Morgan fingerprint density at radius 2 is 1.79 bits per heavy atom. The summed E-state index contributed by atoms with van der Waals surface area (Å²) < 4.78 is 6.94. The first-order chi connectivity index (χ1) is 13.8. The first-order valence-corrected chi connectivity index (χ1v) is 10.9. The van der Waals surface area contributed by atoms with Crippen LogP contribution in [0.2, 0.25) is 0 Å². The SMILES string of the molecule is Cc1nn(C)c(C)c1/C=C/C(=O)OCC(=O)N[C@@H](C)C12CC3CC(CC(C3)C1)C2. The van der Waals surface area contributed by atoms with Crippen LogP contribution in [0, 0.1) is 37.0 Å². The third-order valence-electron chi connectivity index (χ3n) is 7.68. The number of amides is 1. The second-order valence-electron chi connectivity index (χ2n) is 9.72. The summed E-state index contributed by atoms with van der Waals surface area (Å²) in [4.78, 5) is 24.5. The number of aryl methyl sites for hydroxylation is 2. The number of hydrogen-bond acceptors (Lipinski definition) is 4. The van der Waals surface area contributed by atoms with E-state index in [0.29, 0.717) is 0 Å². The van der Waals surface area contributed by atoms with Gasteiger partial charge in [0.25, 0.3) is 5.91 Å². The van der Waals surface area contributed by atoms with E-state index < -0.39 is 5.97 Å². The lowest BCUT2D eigenvalue weighted by Crippen LogP contribution is -2.56. The highest BCUT2D eigenvalue weighted by atomic mass is 16.5. The van der Waals surface area contributed by atoms with E-state index in [-0.39, 0.29) is 24.0 Å². The lowest BCUT2D eigenvalue weighted by Gasteiger charge is -2.59. The number of carbonyl (C=O) groups excluding carboxylic acids is 2. The fourth-order valence-electron chi connectivity index (χ4n) is 6.51. The number of nitrogens with one attached hydrogen (secondary N) is 1. The van der Waals surface area contributed by atoms with Crippen molar-refractivity contribution in [3.63, 3.8) is 0 Å². The molecule has 1 aromatic heterocycles. The number of nitrogens with zero attached hydrogens (tertiary/aromatic N) is 2. The van der Waals surface area contributed by atoms with E-state index in [1.165, 1.54) is 44.6 Å². The van der Waals surface area contributed by atoms with E-state index in [1.54, 1.807) is 10.8 Å². The Morgan fingerprint density at radius 3 is 2.31 bits per heavy atom. The fourth-order valence-corrected chi connectivity index (χ4v) is 6.51. The zero-order valence-corrected chi connectivity index (χ0v) is 18.0. The number of carbonyl (C=O) groups is 2. The van der Waals surface area contributed by atoms with Gasteiger partial charge in [-0.15, -0.1) is 0 Å². The van der Waals surface area contributed by atoms with Gasteiger partial charge in [0.1, 0.15) is 0 Å². The molecule has 4 aliphatic carbocycles. The topological polar surface area (TPSA) is 73.2 Å². The van der Waals surface area contributed by atoms with Gasteiger partial charge in [-0.2, -0.15) is 5.10 Å². The molecule has 4 aliphatic rings. The highest BCUT2D eigenvalue weighted by molar-refractivity contribution is 5.89. The molecule has 0 aliphatic heterocycles. The highest BCUT2D eigenvalue weighted by Crippen LogP contribution is 2.61. The molecule has 158 valence electrons. The zero-order valence-electron chi connectivity index (χ0n) is 18.0. The smallest absolute Gasteiger partial charge is 0.331 e. The van der Waals surface area contributed by atoms with Crippen molar-refractivity contribution in [1.82, 2.24) is 15.1 Å². The third kappa shape index (κ3) is 3.99. The van der Waals surface area contributed by atoms with E-state index in [1.807, 2.05) is 20.9 Å². The average molecular weight is 400 g/mol. The molecule has 1 amide bonds. The molecule has 0 radical (unpaired) electrons. The maximum absolute atomic E-state index is 12.4. The normalized spacial score (nSPS) is 31.2. The van der Waals surface area contributed by atoms with E-state index in [2.05, 4.69) is 17.3 Å². The van der Waals surface area contributed by atoms with Crippen molar-refractivity contribution in [1.29, 1.82) is 0 Å². The Kier molecular flexibility index (Phi) is 5.30. The largest absolute Gasteiger partial charge is 0.452 e. The molecule has 6 nitrogen and oxygen atoms in total. The molecule has 4 saturated carbocycles. The molecule has 0 saturated heterocycles. The highest BCUT2D eigenvalue weighted by Gasteiger charge is 2.53. The second kappa shape index (κ2) is 7.62. The second-order valence-corrected chi connectivity index (χ2v) is 9.72. The Morgan fingerprint density at radius 1 is 1.21 bits per heavy atom. The van der Waals surface area contributed by atoms with Gasteiger partial charge in [0.2, 0.25) is 0 Å². The predicted molar refractivity (Wildman–Crippen MR) is 111 cm³/mol. The Bertz CT molecular complexity index is 803. The predicted octanol–water partition coefficient (Wildman–Crippen LogP) is 3.31. The van der Waals surface area contributed by atoms with Crippen LogP contribution in [0.25, 0.3) is 6.08 Å². The third-order valence-corrected chi connectivity index (χ3v) is 7.68. The summed E-state index contributed by atoms with van der Waals surface area (Å²) in [6, 6.07) is 0.137. The Labute approximate surface area is 173 Å². The summed E-state index contributed by atoms with van der Waals surface area (Å²) >= 11 is 0. The number of esters is 1. The van der Waals surface area contributed by atoms with Crippen LogP contribution in [0.5, 0.6) is 0 Å². The maximum atomic E-state index is 12.4. The molecular formula is C23H33N3O3. The molecule has 0 aromatic carbocycles. The van der Waals surface area contributed by atoms with Crippen molar-refractivity contribution in [3.05, 3.63) is 23.0 Å². The number of rotatable bonds is 6. The molecule has 1 aromatic rings. The Balaban J connectivity index is 1.28. The minimum atomic E-state index is -0.509. The first kappa shape index (κ1) is 20.2. The van der Waals surface area contributed by atoms with Gasteiger partial charge in [-0.1, -0.05) is 0 Å². The van der Waals surface area contributed by atoms with E-state index >= 15 is 0 Å². The van der Waals surface area contributed by atoms with Crippen LogP contribution in [0.3, 0.4) is 0 Å². The lowest BCUT2D eigenvalue weighted by molar-refractivity contribution is -0.145. The molecule has 5 rings (SSSR count). The van der Waals surface area contributed by atoms with Crippen molar-refractivity contribution < 1.29 is 14.3 Å². The lowest BCUT2D eigenvalue weighted by atomic mass is 9.48. The van der Waals surface area contributed by atoms with Crippen molar-refractivity contribution in [3.8, 4) is 0 Å². The van der Waals surface area contributed by atoms with Crippen molar-refractivity contribution in [2.75, 3.05) is 6.61 Å². The summed E-state index contributed by atoms with van der Waals surface area (Å²) in [5.74, 6) is 1.84. The number of ether oxygens (including phenoxy) is 1. The average Bonchev–Trinajstić information content (AvgIpc) is 2.89. The summed E-state index contributed by atoms with van der Waals surface area (Å²) in [6.07, 6.45) is 11.0. The van der Waals surface area contributed by atoms with Gasteiger partial charge in [-0.25, -0.2) is 4.79 Å². The standard InChI is InChI=1S/C23H33N3O3/c1-14-20(15(2)26(4)25-14)5-6-22(28)29-13-21(27)24-16(3)23-10-17-7-18(11-23)9-19(8-17)12-23/h5-6,16-19H,7-13H2,1-4H3,(H,24,27)/b6-5+/t16-,17?,18?,19?,23?/m0/s1. The van der Waals surface area contributed by atoms with Gasteiger partial charge in [0.15, 0.2) is 6.61 Å². The monoisotopic (exact) mass is 399 g/mol. The molecule has 0 unspecified atom stereocenters. The summed E-state index contributed by atoms with van der Waals surface area (Å²) in [7, 11) is 1.87. The minimum absolute atomic E-state index is 0.137. The first-order valence-electron chi connectivity index (χ1n) is 10.9. The van der Waals surface area contributed by atoms with E-state index in [4.69, 9.17) is 4.74 Å². The van der Waals surface area contributed by atoms with Crippen LogP contribution in [0.1, 0.15) is 62.4 Å². The van der Waals surface area contributed by atoms with Crippen LogP contribution in [0.4, 0.5) is 0 Å². The maximum Gasteiger partial charge on any atom is 0.331 e. The molecular weight excluding hydrogens is 366 g/mol. The van der Waals surface area contributed by atoms with Gasteiger partial charge < -0.3 is 10.1 Å². The van der Waals surface area contributed by atoms with Crippen molar-refractivity contribution in [2.45, 2.75) is 65.3 Å². The Hall–Kier alpha value is -2.11. The van der Waals surface area contributed by atoms with Crippen LogP contribution in [-0.4, -0.2) is 34.3 Å². The van der Waals surface area contributed by atoms with Gasteiger partial charge >= 0.3 is 5.97 Å².